The zero-order valence-corrected chi connectivity index (χ0v) is 5.50. The molecule has 0 aliphatic carbocycles. The van der Waals surface area contributed by atoms with Gasteiger partial charge in [-0.05, 0) is 0 Å². The molecule has 1 N–H and O–H groups in total. The molecule has 1 rings (SSSR count). The van der Waals surface area contributed by atoms with Crippen molar-refractivity contribution in [3.8, 4) is 0 Å². The molecule has 1 aromatic rings. The van der Waals surface area contributed by atoms with Gasteiger partial charge in [0.15, 0.2) is 0 Å². The molecule has 54 valence electrons. The van der Waals surface area contributed by atoms with E-state index < -0.39 is 0 Å². The van der Waals surface area contributed by atoms with E-state index in [4.69, 9.17) is 0 Å². The van der Waals surface area contributed by atoms with Crippen molar-refractivity contribution < 1.29 is 9.32 Å². The van der Waals surface area contributed by atoms with Gasteiger partial charge in [-0.25, -0.2) is 0 Å². The minimum Gasteiger partial charge on any atom is -0.319 e. The summed E-state index contributed by atoms with van der Waals surface area (Å²) in [4.78, 5) is 10.7. The minimum absolute atomic E-state index is 0.112. The van der Waals surface area contributed by atoms with Crippen molar-refractivity contribution in [2.75, 3.05) is 5.32 Å². The van der Waals surface area contributed by atoms with Gasteiger partial charge in [0, 0.05) is 11.7 Å². The maximum Gasteiger partial charge on any atom is 0.251 e. The number of amides is 1. The van der Waals surface area contributed by atoms with Crippen LogP contribution in [0.25, 0.3) is 0 Å². The summed E-state index contributed by atoms with van der Waals surface area (Å²) < 4.78 is 4.51. The van der Waals surface area contributed by atoms with Crippen LogP contribution in [0.3, 0.4) is 0 Å². The molecule has 10 heavy (non-hydrogen) atoms. The Morgan fingerprint density at radius 3 is 3.20 bits per heavy atom. The fourth-order valence-electron chi connectivity index (χ4n) is 0.448. The number of nitrogens with one attached hydrogen (secondary N) is 1. The van der Waals surface area contributed by atoms with Gasteiger partial charge in [-0.2, -0.15) is 0 Å². The van der Waals surface area contributed by atoms with Crippen LogP contribution in [0.1, 0.15) is 13.3 Å². The lowest BCUT2D eigenvalue weighted by Crippen LogP contribution is -2.08. The van der Waals surface area contributed by atoms with E-state index in [1.165, 1.54) is 6.20 Å². The first-order valence-electron chi connectivity index (χ1n) is 2.90. The van der Waals surface area contributed by atoms with Crippen LogP contribution >= 0.6 is 0 Å². The topological polar surface area (TPSA) is 68.0 Å². The van der Waals surface area contributed by atoms with Gasteiger partial charge in [-0.3, -0.25) is 10.1 Å². The van der Waals surface area contributed by atoms with Crippen LogP contribution in [-0.4, -0.2) is 16.3 Å². The molecule has 1 aromatic heterocycles. The summed E-state index contributed by atoms with van der Waals surface area (Å²) in [5.41, 5.74) is 0. The number of nitrogens with zero attached hydrogens (tertiary/aromatic N) is 2. The Morgan fingerprint density at radius 2 is 2.70 bits per heavy atom. The normalized spacial score (nSPS) is 9.30. The number of carbonyl (C=O) groups excluding carboxylic acids is 1. The third-order valence-electron chi connectivity index (χ3n) is 0.945. The second-order valence-electron chi connectivity index (χ2n) is 1.68. The van der Waals surface area contributed by atoms with Gasteiger partial charge in [0.1, 0.15) is 6.20 Å². The number of hydrogen-bond acceptors (Lipinski definition) is 4. The molecular formula is C5H7N3O2. The van der Waals surface area contributed by atoms with Crippen molar-refractivity contribution in [3.63, 3.8) is 0 Å². The molecular weight excluding hydrogens is 134 g/mol. The van der Waals surface area contributed by atoms with Crippen LogP contribution in [0.4, 0.5) is 5.88 Å². The first-order chi connectivity index (χ1) is 4.83. The number of aromatic nitrogens is 2. The highest BCUT2D eigenvalue weighted by Gasteiger charge is 2.00. The number of hydrogen-bond donors (Lipinski definition) is 1. The van der Waals surface area contributed by atoms with Crippen LogP contribution < -0.4 is 5.32 Å². The van der Waals surface area contributed by atoms with Crippen molar-refractivity contribution in [2.45, 2.75) is 13.3 Å². The van der Waals surface area contributed by atoms with Crippen LogP contribution in [0.15, 0.2) is 10.7 Å². The Morgan fingerprint density at radius 1 is 1.90 bits per heavy atom. The van der Waals surface area contributed by atoms with Gasteiger partial charge >= 0.3 is 0 Å². The third-order valence-corrected chi connectivity index (χ3v) is 0.945. The van der Waals surface area contributed by atoms with Gasteiger partial charge in [0.2, 0.25) is 5.91 Å². The average Bonchev–Trinajstić information content (AvgIpc) is 2.40. The maximum atomic E-state index is 10.7. The smallest absolute Gasteiger partial charge is 0.251 e. The zero-order chi connectivity index (χ0) is 7.40. The second kappa shape index (κ2) is 2.95. The van der Waals surface area contributed by atoms with Crippen molar-refractivity contribution in [1.29, 1.82) is 0 Å². The van der Waals surface area contributed by atoms with Gasteiger partial charge in [0.25, 0.3) is 5.88 Å². The van der Waals surface area contributed by atoms with E-state index in [2.05, 4.69) is 20.2 Å². The lowest BCUT2D eigenvalue weighted by Gasteiger charge is -1.93. The van der Waals surface area contributed by atoms with E-state index in [-0.39, 0.29) is 11.8 Å². The quantitative estimate of drug-likeness (QED) is 0.648. The van der Waals surface area contributed by atoms with E-state index in [1.54, 1.807) is 6.92 Å². The summed E-state index contributed by atoms with van der Waals surface area (Å²) >= 11 is 0. The first kappa shape index (κ1) is 6.73. The molecule has 5 heteroatoms. The summed E-state index contributed by atoms with van der Waals surface area (Å²) in [5.74, 6) is 0.172. The molecule has 5 nitrogen and oxygen atoms in total. The number of anilines is 1. The SMILES string of the molecule is CCC(=O)Nc1cnno1. The number of rotatable bonds is 2. The second-order valence-corrected chi connectivity index (χ2v) is 1.68. The maximum absolute atomic E-state index is 10.7. The lowest BCUT2D eigenvalue weighted by atomic mass is 10.4. The van der Waals surface area contributed by atoms with Crippen LogP contribution in [-0.2, 0) is 4.79 Å². The van der Waals surface area contributed by atoms with Crippen molar-refractivity contribution >= 4 is 11.8 Å². The van der Waals surface area contributed by atoms with Crippen LogP contribution in [0.5, 0.6) is 0 Å². The van der Waals surface area contributed by atoms with E-state index in [0.29, 0.717) is 6.42 Å². The highest BCUT2D eigenvalue weighted by Crippen LogP contribution is 2.00. The summed E-state index contributed by atoms with van der Waals surface area (Å²) in [5, 5.41) is 8.99. The average molecular weight is 141 g/mol. The molecule has 0 fully saturated rings. The van der Waals surface area contributed by atoms with Gasteiger partial charge in [-0.1, -0.05) is 6.92 Å². The predicted molar refractivity (Wildman–Crippen MR) is 33.2 cm³/mol. The molecule has 0 aliphatic rings. The van der Waals surface area contributed by atoms with E-state index in [0.717, 1.165) is 0 Å². The Labute approximate surface area is 57.4 Å². The van der Waals surface area contributed by atoms with E-state index in [9.17, 15) is 4.79 Å². The van der Waals surface area contributed by atoms with E-state index >= 15 is 0 Å². The summed E-state index contributed by atoms with van der Waals surface area (Å²) in [6, 6.07) is 0. The summed E-state index contributed by atoms with van der Waals surface area (Å²) in [6.07, 6.45) is 1.76. The molecule has 0 saturated carbocycles. The third kappa shape index (κ3) is 1.54. The van der Waals surface area contributed by atoms with Crippen molar-refractivity contribution in [2.24, 2.45) is 0 Å². The molecule has 0 bridgehead atoms. The fraction of sp³-hybridized carbons (Fsp3) is 0.400. The van der Waals surface area contributed by atoms with Crippen LogP contribution in [0.2, 0.25) is 0 Å². The Kier molecular flexibility index (Phi) is 1.99. The highest BCUT2D eigenvalue weighted by atomic mass is 16.5. The highest BCUT2D eigenvalue weighted by molar-refractivity contribution is 5.88. The number of carbonyl (C=O) groups is 1. The minimum atomic E-state index is -0.112. The van der Waals surface area contributed by atoms with Crippen molar-refractivity contribution in [3.05, 3.63) is 6.20 Å². The summed E-state index contributed by atoms with van der Waals surface area (Å²) in [7, 11) is 0. The largest absolute Gasteiger partial charge is 0.319 e. The first-order valence-corrected chi connectivity index (χ1v) is 2.90. The summed E-state index contributed by atoms with van der Waals surface area (Å²) in [6.45, 7) is 1.75. The Hall–Kier alpha value is -1.39. The van der Waals surface area contributed by atoms with Gasteiger partial charge < -0.3 is 4.52 Å². The predicted octanol–water partition coefficient (Wildman–Crippen LogP) is 0.418. The Bertz CT molecular complexity index is 207. The molecule has 0 aliphatic heterocycles. The standard InChI is InChI=1S/C5H7N3O2/c1-2-4(9)7-5-3-6-8-10-5/h3H,2H2,1H3,(H,7,9). The molecule has 1 amide bonds. The van der Waals surface area contributed by atoms with Crippen molar-refractivity contribution in [1.82, 2.24) is 10.4 Å². The Balaban J connectivity index is 2.48. The lowest BCUT2D eigenvalue weighted by molar-refractivity contribution is -0.116. The van der Waals surface area contributed by atoms with E-state index in [1.807, 2.05) is 0 Å². The molecule has 1 heterocycles. The van der Waals surface area contributed by atoms with Crippen LogP contribution in [0, 0.1) is 0 Å². The molecule has 0 radical (unpaired) electrons. The monoisotopic (exact) mass is 141 g/mol. The molecule has 0 atom stereocenters. The molecule has 0 spiro atoms. The molecule has 0 saturated heterocycles. The zero-order valence-electron chi connectivity index (χ0n) is 5.50. The van der Waals surface area contributed by atoms with Gasteiger partial charge in [-0.15, -0.1) is 5.10 Å². The fourth-order valence-corrected chi connectivity index (χ4v) is 0.448. The molecule has 0 aromatic carbocycles. The molecule has 0 unspecified atom stereocenters. The van der Waals surface area contributed by atoms with Gasteiger partial charge in [0.05, 0.1) is 0 Å².